The summed E-state index contributed by atoms with van der Waals surface area (Å²) < 4.78 is 0. The standard InChI is InChI=1S/C15H22N4O/c1-10-7-8-12(14(16)18-20)15(17-10)19-9-3-5-11-4-2-6-13(11)19/h7-8,11,13,20H,2-6,9H2,1H3,(H2,16,18). The Morgan fingerprint density at radius 1 is 1.35 bits per heavy atom. The number of nitrogens with two attached hydrogens (primary N) is 1. The van der Waals surface area contributed by atoms with Gasteiger partial charge in [0.2, 0.25) is 0 Å². The minimum absolute atomic E-state index is 0.146. The van der Waals surface area contributed by atoms with Gasteiger partial charge in [0.25, 0.3) is 0 Å². The summed E-state index contributed by atoms with van der Waals surface area (Å²) in [6, 6.07) is 4.39. The van der Waals surface area contributed by atoms with E-state index in [4.69, 9.17) is 10.9 Å². The summed E-state index contributed by atoms with van der Waals surface area (Å²) in [6.07, 6.45) is 6.39. The molecule has 5 heteroatoms. The van der Waals surface area contributed by atoms with Crippen LogP contribution < -0.4 is 10.6 Å². The number of fused-ring (bicyclic) bond motifs is 1. The zero-order valence-electron chi connectivity index (χ0n) is 11.9. The van der Waals surface area contributed by atoms with Gasteiger partial charge in [-0.15, -0.1) is 0 Å². The number of aromatic nitrogens is 1. The predicted molar refractivity (Wildman–Crippen MR) is 79.2 cm³/mol. The average Bonchev–Trinajstić information content (AvgIpc) is 2.94. The summed E-state index contributed by atoms with van der Waals surface area (Å²) >= 11 is 0. The Morgan fingerprint density at radius 2 is 2.15 bits per heavy atom. The first kappa shape index (κ1) is 13.2. The second-order valence-corrected chi connectivity index (χ2v) is 5.90. The van der Waals surface area contributed by atoms with Crippen molar-refractivity contribution >= 4 is 11.7 Å². The van der Waals surface area contributed by atoms with E-state index in [0.717, 1.165) is 29.5 Å². The maximum absolute atomic E-state index is 8.98. The first-order chi connectivity index (χ1) is 9.70. The predicted octanol–water partition coefficient (Wildman–Crippen LogP) is 2.25. The SMILES string of the molecule is Cc1ccc(C(N)=NO)c(N2CCCC3CCCC32)n1. The van der Waals surface area contributed by atoms with Gasteiger partial charge >= 0.3 is 0 Å². The van der Waals surface area contributed by atoms with Crippen molar-refractivity contribution < 1.29 is 5.21 Å². The molecule has 1 saturated carbocycles. The number of pyridine rings is 1. The second kappa shape index (κ2) is 5.31. The fourth-order valence-electron chi connectivity index (χ4n) is 3.73. The molecular weight excluding hydrogens is 252 g/mol. The molecule has 0 radical (unpaired) electrons. The van der Waals surface area contributed by atoms with Gasteiger partial charge in [0, 0.05) is 18.3 Å². The Kier molecular flexibility index (Phi) is 3.51. The highest BCUT2D eigenvalue weighted by Gasteiger charge is 2.36. The summed E-state index contributed by atoms with van der Waals surface area (Å²) in [5.74, 6) is 1.82. The third kappa shape index (κ3) is 2.21. The van der Waals surface area contributed by atoms with Crippen molar-refractivity contribution in [1.29, 1.82) is 0 Å². The van der Waals surface area contributed by atoms with Crippen LogP contribution in [0.1, 0.15) is 43.4 Å². The second-order valence-electron chi connectivity index (χ2n) is 5.90. The molecule has 0 aromatic carbocycles. The van der Waals surface area contributed by atoms with E-state index in [9.17, 15) is 0 Å². The molecule has 5 nitrogen and oxygen atoms in total. The number of hydrogen-bond acceptors (Lipinski definition) is 4. The molecule has 108 valence electrons. The lowest BCUT2D eigenvalue weighted by atomic mass is 9.91. The topological polar surface area (TPSA) is 74.7 Å². The number of amidine groups is 1. The highest BCUT2D eigenvalue weighted by molar-refractivity contribution is 6.01. The monoisotopic (exact) mass is 274 g/mol. The lowest BCUT2D eigenvalue weighted by Gasteiger charge is -2.39. The Bertz CT molecular complexity index is 529. The van der Waals surface area contributed by atoms with Crippen LogP contribution in [0.15, 0.2) is 17.3 Å². The summed E-state index contributed by atoms with van der Waals surface area (Å²) in [5.41, 5.74) is 7.53. The van der Waals surface area contributed by atoms with Crippen molar-refractivity contribution in [3.05, 3.63) is 23.4 Å². The molecule has 1 aromatic rings. The molecule has 2 fully saturated rings. The number of anilines is 1. The largest absolute Gasteiger partial charge is 0.409 e. The zero-order chi connectivity index (χ0) is 14.1. The molecule has 20 heavy (non-hydrogen) atoms. The van der Waals surface area contributed by atoms with E-state index < -0.39 is 0 Å². The van der Waals surface area contributed by atoms with Gasteiger partial charge in [0.15, 0.2) is 5.84 Å². The van der Waals surface area contributed by atoms with Gasteiger partial charge in [-0.1, -0.05) is 11.6 Å². The fourth-order valence-corrected chi connectivity index (χ4v) is 3.73. The van der Waals surface area contributed by atoms with Gasteiger partial charge in [0.05, 0.1) is 5.56 Å². The normalized spacial score (nSPS) is 26.6. The molecule has 1 aliphatic carbocycles. The van der Waals surface area contributed by atoms with Gasteiger partial charge in [-0.05, 0) is 50.7 Å². The van der Waals surface area contributed by atoms with E-state index >= 15 is 0 Å². The van der Waals surface area contributed by atoms with E-state index in [1.165, 1.54) is 32.1 Å². The summed E-state index contributed by atoms with van der Waals surface area (Å²) in [6.45, 7) is 3.00. The quantitative estimate of drug-likeness (QED) is 0.375. The molecule has 3 rings (SSSR count). The van der Waals surface area contributed by atoms with E-state index in [1.54, 1.807) is 0 Å². The number of piperidine rings is 1. The van der Waals surface area contributed by atoms with Crippen molar-refractivity contribution in [3.63, 3.8) is 0 Å². The maximum Gasteiger partial charge on any atom is 0.173 e. The molecule has 0 amide bonds. The molecular formula is C15H22N4O. The van der Waals surface area contributed by atoms with E-state index in [1.807, 2.05) is 19.1 Å². The molecule has 2 unspecified atom stereocenters. The first-order valence-corrected chi connectivity index (χ1v) is 7.43. The van der Waals surface area contributed by atoms with Crippen LogP contribution in [0.3, 0.4) is 0 Å². The Hall–Kier alpha value is -1.78. The smallest absolute Gasteiger partial charge is 0.173 e. The highest BCUT2D eigenvalue weighted by atomic mass is 16.4. The average molecular weight is 274 g/mol. The molecule has 1 saturated heterocycles. The van der Waals surface area contributed by atoms with Gasteiger partial charge < -0.3 is 15.8 Å². The van der Waals surface area contributed by atoms with Gasteiger partial charge in [-0.25, -0.2) is 4.98 Å². The van der Waals surface area contributed by atoms with Crippen molar-refractivity contribution in [1.82, 2.24) is 4.98 Å². The van der Waals surface area contributed by atoms with Crippen molar-refractivity contribution in [2.24, 2.45) is 16.8 Å². The molecule has 3 N–H and O–H groups in total. The van der Waals surface area contributed by atoms with Crippen LogP contribution >= 0.6 is 0 Å². The van der Waals surface area contributed by atoms with Gasteiger partial charge in [-0.2, -0.15) is 0 Å². The van der Waals surface area contributed by atoms with Crippen LogP contribution in [-0.2, 0) is 0 Å². The van der Waals surface area contributed by atoms with Crippen LogP contribution in [0.5, 0.6) is 0 Å². The minimum atomic E-state index is 0.146. The molecule has 1 aromatic heterocycles. The maximum atomic E-state index is 8.98. The molecule has 1 aliphatic heterocycles. The summed E-state index contributed by atoms with van der Waals surface area (Å²) in [5, 5.41) is 12.1. The fraction of sp³-hybridized carbons (Fsp3) is 0.600. The third-order valence-corrected chi connectivity index (χ3v) is 4.66. The molecule has 2 aliphatic rings. The molecule has 2 atom stereocenters. The molecule has 0 spiro atoms. The molecule has 2 heterocycles. The van der Waals surface area contributed by atoms with Gasteiger partial charge in [-0.3, -0.25) is 0 Å². The van der Waals surface area contributed by atoms with Crippen LogP contribution in [0.4, 0.5) is 5.82 Å². The van der Waals surface area contributed by atoms with Crippen LogP contribution in [0, 0.1) is 12.8 Å². The van der Waals surface area contributed by atoms with Crippen molar-refractivity contribution in [2.75, 3.05) is 11.4 Å². The Morgan fingerprint density at radius 3 is 2.95 bits per heavy atom. The number of oxime groups is 1. The Labute approximate surface area is 119 Å². The number of rotatable bonds is 2. The first-order valence-electron chi connectivity index (χ1n) is 7.43. The van der Waals surface area contributed by atoms with E-state index in [0.29, 0.717) is 6.04 Å². The van der Waals surface area contributed by atoms with Crippen molar-refractivity contribution in [2.45, 2.75) is 45.1 Å². The van der Waals surface area contributed by atoms with Crippen LogP contribution in [-0.4, -0.2) is 28.6 Å². The lowest BCUT2D eigenvalue weighted by molar-refractivity contribution is 0.318. The minimum Gasteiger partial charge on any atom is -0.409 e. The van der Waals surface area contributed by atoms with E-state index in [-0.39, 0.29) is 5.84 Å². The van der Waals surface area contributed by atoms with Crippen LogP contribution in [0.25, 0.3) is 0 Å². The summed E-state index contributed by atoms with van der Waals surface area (Å²) in [7, 11) is 0. The Balaban J connectivity index is 2.01. The number of aryl methyl sites for hydroxylation is 1. The lowest BCUT2D eigenvalue weighted by Crippen LogP contribution is -2.44. The number of nitrogens with zero attached hydrogens (tertiary/aromatic N) is 3. The third-order valence-electron chi connectivity index (χ3n) is 4.66. The molecule has 0 bridgehead atoms. The highest BCUT2D eigenvalue weighted by Crippen LogP contribution is 2.39. The number of hydrogen-bond donors (Lipinski definition) is 2. The van der Waals surface area contributed by atoms with Crippen LogP contribution in [0.2, 0.25) is 0 Å². The summed E-state index contributed by atoms with van der Waals surface area (Å²) in [4.78, 5) is 7.07. The van der Waals surface area contributed by atoms with Gasteiger partial charge in [0.1, 0.15) is 5.82 Å². The van der Waals surface area contributed by atoms with E-state index in [2.05, 4.69) is 15.0 Å². The zero-order valence-corrected chi connectivity index (χ0v) is 11.9. The van der Waals surface area contributed by atoms with Crippen molar-refractivity contribution in [3.8, 4) is 0 Å².